The molecule has 1 heteroatoms. The molecule has 15 heavy (non-hydrogen) atoms. The van der Waals surface area contributed by atoms with Crippen LogP contribution in [-0.4, -0.2) is 10.7 Å². The Balaban J connectivity index is 2.16. The van der Waals surface area contributed by atoms with Gasteiger partial charge in [-0.1, -0.05) is 46.0 Å². The van der Waals surface area contributed by atoms with Crippen LogP contribution in [0.2, 0.25) is 0 Å². The smallest absolute Gasteiger partial charge is 0.129 e. The molecular weight excluding hydrogens is 184 g/mol. The van der Waals surface area contributed by atoms with Crippen molar-refractivity contribution in [1.82, 2.24) is 0 Å². The van der Waals surface area contributed by atoms with E-state index in [1.807, 2.05) is 0 Å². The lowest BCUT2D eigenvalue weighted by Gasteiger charge is -2.04. The summed E-state index contributed by atoms with van der Waals surface area (Å²) < 4.78 is 0. The molecule has 0 aliphatic heterocycles. The highest BCUT2D eigenvalue weighted by Crippen LogP contribution is 2.47. The predicted molar refractivity (Wildman–Crippen MR) is 64.4 cm³/mol. The molecule has 1 saturated carbocycles. The van der Waals surface area contributed by atoms with E-state index in [1.54, 1.807) is 0 Å². The summed E-state index contributed by atoms with van der Waals surface area (Å²) in [7, 11) is 0. The largest absolute Gasteiger partial charge is 0.377 e. The average Bonchev–Trinajstić information content (AvgIpc) is 2.85. The van der Waals surface area contributed by atoms with E-state index in [2.05, 4.69) is 32.6 Å². The zero-order valence-corrected chi connectivity index (χ0v) is 10.3. The Morgan fingerprint density at radius 1 is 1.33 bits per heavy atom. The molecule has 1 aliphatic carbocycles. The van der Waals surface area contributed by atoms with E-state index in [0.29, 0.717) is 11.8 Å². The summed E-state index contributed by atoms with van der Waals surface area (Å²) >= 11 is 0. The minimum atomic E-state index is -0.626. The van der Waals surface area contributed by atoms with Gasteiger partial charge in [0.05, 0.1) is 0 Å². The fourth-order valence-electron chi connectivity index (χ4n) is 2.06. The summed E-state index contributed by atoms with van der Waals surface area (Å²) in [5.74, 6) is 7.16. The van der Waals surface area contributed by atoms with E-state index in [1.165, 1.54) is 25.7 Å². The van der Waals surface area contributed by atoms with Crippen molar-refractivity contribution in [2.45, 2.75) is 64.9 Å². The fourth-order valence-corrected chi connectivity index (χ4v) is 2.06. The van der Waals surface area contributed by atoms with Gasteiger partial charge < -0.3 is 5.11 Å². The summed E-state index contributed by atoms with van der Waals surface area (Å²) in [5, 5.41) is 9.99. The van der Waals surface area contributed by atoms with Crippen LogP contribution in [-0.2, 0) is 0 Å². The molecule has 1 nitrogen and oxygen atoms in total. The summed E-state index contributed by atoms with van der Waals surface area (Å²) in [6.45, 7) is 6.53. The quantitative estimate of drug-likeness (QED) is 0.542. The van der Waals surface area contributed by atoms with Gasteiger partial charge in [-0.05, 0) is 18.8 Å². The molecular formula is C14H24O. The van der Waals surface area contributed by atoms with Crippen LogP contribution >= 0.6 is 0 Å². The van der Waals surface area contributed by atoms with E-state index >= 15 is 0 Å². The summed E-state index contributed by atoms with van der Waals surface area (Å²) in [5.41, 5.74) is -0.626. The van der Waals surface area contributed by atoms with Crippen molar-refractivity contribution >= 4 is 0 Å². The van der Waals surface area contributed by atoms with Crippen molar-refractivity contribution in [2.75, 3.05) is 0 Å². The van der Waals surface area contributed by atoms with E-state index in [0.717, 1.165) is 12.8 Å². The van der Waals surface area contributed by atoms with Gasteiger partial charge in [-0.2, -0.15) is 0 Å². The Hall–Kier alpha value is -0.480. The molecule has 0 radical (unpaired) electrons. The number of unbranched alkanes of at least 4 members (excludes halogenated alkanes) is 4. The third-order valence-electron chi connectivity index (χ3n) is 3.25. The highest BCUT2D eigenvalue weighted by atomic mass is 16.3. The van der Waals surface area contributed by atoms with Gasteiger partial charge in [0.2, 0.25) is 0 Å². The van der Waals surface area contributed by atoms with Crippen LogP contribution in [0, 0.1) is 23.7 Å². The second-order valence-corrected chi connectivity index (χ2v) is 5.09. The van der Waals surface area contributed by atoms with Gasteiger partial charge in [-0.15, -0.1) is 5.92 Å². The van der Waals surface area contributed by atoms with Gasteiger partial charge in [0.25, 0.3) is 0 Å². The summed E-state index contributed by atoms with van der Waals surface area (Å²) in [6, 6.07) is 0. The molecule has 0 aromatic heterocycles. The molecule has 0 bridgehead atoms. The van der Waals surface area contributed by atoms with E-state index in [4.69, 9.17) is 0 Å². The molecule has 0 heterocycles. The van der Waals surface area contributed by atoms with Crippen LogP contribution in [0.1, 0.15) is 59.3 Å². The van der Waals surface area contributed by atoms with Crippen molar-refractivity contribution in [3.63, 3.8) is 0 Å². The molecule has 0 saturated heterocycles. The van der Waals surface area contributed by atoms with E-state index < -0.39 is 5.60 Å². The van der Waals surface area contributed by atoms with Crippen molar-refractivity contribution in [1.29, 1.82) is 0 Å². The van der Waals surface area contributed by atoms with Gasteiger partial charge in [0.1, 0.15) is 5.60 Å². The Morgan fingerprint density at radius 3 is 2.60 bits per heavy atom. The van der Waals surface area contributed by atoms with Crippen LogP contribution < -0.4 is 0 Å². The first kappa shape index (κ1) is 12.6. The SMILES string of the molecule is CCCCCCC#C[C@]1(O)C[C@@H]1C(C)C. The maximum absolute atomic E-state index is 9.99. The van der Waals surface area contributed by atoms with E-state index in [9.17, 15) is 5.11 Å². The molecule has 0 unspecified atom stereocenters. The molecule has 0 amide bonds. The predicted octanol–water partition coefficient (Wildman–Crippen LogP) is 3.37. The minimum absolute atomic E-state index is 0.417. The lowest BCUT2D eigenvalue weighted by Crippen LogP contribution is -2.10. The zero-order chi connectivity index (χ0) is 11.3. The van der Waals surface area contributed by atoms with Gasteiger partial charge in [-0.25, -0.2) is 0 Å². The Kier molecular flexibility index (Phi) is 4.67. The Labute approximate surface area is 94.3 Å². The van der Waals surface area contributed by atoms with Crippen LogP contribution in [0.5, 0.6) is 0 Å². The second-order valence-electron chi connectivity index (χ2n) is 5.09. The standard InChI is InChI=1S/C14H24O/c1-4-5-6-7-8-9-10-14(15)11-13(14)12(2)3/h12-13,15H,4-8,11H2,1-3H3/t13-,14+/m1/s1. The fraction of sp³-hybridized carbons (Fsp3) is 0.857. The van der Waals surface area contributed by atoms with Gasteiger partial charge in [0, 0.05) is 12.3 Å². The zero-order valence-electron chi connectivity index (χ0n) is 10.3. The van der Waals surface area contributed by atoms with Gasteiger partial charge in [0.15, 0.2) is 0 Å². The third kappa shape index (κ3) is 3.87. The van der Waals surface area contributed by atoms with Gasteiger partial charge in [-0.3, -0.25) is 0 Å². The molecule has 0 spiro atoms. The van der Waals surface area contributed by atoms with Crippen LogP contribution in [0.4, 0.5) is 0 Å². The minimum Gasteiger partial charge on any atom is -0.377 e. The Bertz CT molecular complexity index is 246. The lowest BCUT2D eigenvalue weighted by atomic mass is 10.1. The van der Waals surface area contributed by atoms with Crippen molar-refractivity contribution in [2.24, 2.45) is 11.8 Å². The second kappa shape index (κ2) is 5.56. The molecule has 1 fully saturated rings. The first-order valence-corrected chi connectivity index (χ1v) is 6.32. The van der Waals surface area contributed by atoms with Crippen LogP contribution in [0.15, 0.2) is 0 Å². The molecule has 0 aromatic rings. The monoisotopic (exact) mass is 208 g/mol. The van der Waals surface area contributed by atoms with Crippen LogP contribution in [0.25, 0.3) is 0 Å². The lowest BCUT2D eigenvalue weighted by molar-refractivity contribution is 0.180. The highest BCUT2D eigenvalue weighted by molar-refractivity contribution is 5.26. The van der Waals surface area contributed by atoms with Crippen molar-refractivity contribution < 1.29 is 5.11 Å². The summed E-state index contributed by atoms with van der Waals surface area (Å²) in [4.78, 5) is 0. The first-order chi connectivity index (χ1) is 7.10. The molecule has 1 N–H and O–H groups in total. The molecule has 2 atom stereocenters. The maximum atomic E-state index is 9.99. The summed E-state index contributed by atoms with van der Waals surface area (Å²) in [6.07, 6.45) is 6.87. The molecule has 0 aromatic carbocycles. The molecule has 86 valence electrons. The highest BCUT2D eigenvalue weighted by Gasteiger charge is 2.53. The average molecular weight is 208 g/mol. The maximum Gasteiger partial charge on any atom is 0.129 e. The third-order valence-corrected chi connectivity index (χ3v) is 3.25. The first-order valence-electron chi connectivity index (χ1n) is 6.32. The number of hydrogen-bond donors (Lipinski definition) is 1. The number of hydrogen-bond acceptors (Lipinski definition) is 1. The topological polar surface area (TPSA) is 20.2 Å². The molecule has 1 aliphatic rings. The number of rotatable bonds is 5. The number of aliphatic hydroxyl groups is 1. The van der Waals surface area contributed by atoms with Crippen LogP contribution in [0.3, 0.4) is 0 Å². The normalized spacial score (nSPS) is 28.7. The van der Waals surface area contributed by atoms with Gasteiger partial charge >= 0.3 is 0 Å². The van der Waals surface area contributed by atoms with Crippen molar-refractivity contribution in [3.05, 3.63) is 0 Å². The van der Waals surface area contributed by atoms with Crippen molar-refractivity contribution in [3.8, 4) is 11.8 Å². The molecule has 1 rings (SSSR count). The van der Waals surface area contributed by atoms with E-state index in [-0.39, 0.29) is 0 Å². The Morgan fingerprint density at radius 2 is 2.07 bits per heavy atom.